The minimum absolute atomic E-state index is 0.292. The highest BCUT2D eigenvalue weighted by Gasteiger charge is 2.25. The minimum atomic E-state index is 0.292. The Kier molecular flexibility index (Phi) is 5.95. The number of pyridine rings is 1. The van der Waals surface area contributed by atoms with E-state index in [0.29, 0.717) is 18.7 Å². The molecule has 112 valence electrons. The van der Waals surface area contributed by atoms with Crippen molar-refractivity contribution in [3.63, 3.8) is 0 Å². The van der Waals surface area contributed by atoms with E-state index in [4.69, 9.17) is 5.11 Å². The van der Waals surface area contributed by atoms with Crippen molar-refractivity contribution in [3.05, 3.63) is 30.1 Å². The van der Waals surface area contributed by atoms with Crippen LogP contribution in [-0.2, 0) is 0 Å². The molecule has 0 bridgehead atoms. The molecule has 0 aliphatic carbocycles. The van der Waals surface area contributed by atoms with Crippen LogP contribution in [0.25, 0.3) is 0 Å². The van der Waals surface area contributed by atoms with Crippen LogP contribution in [0.3, 0.4) is 0 Å². The van der Waals surface area contributed by atoms with Gasteiger partial charge in [-0.2, -0.15) is 0 Å². The number of hydrogen-bond donors (Lipinski definition) is 1. The zero-order valence-corrected chi connectivity index (χ0v) is 12.7. The van der Waals surface area contributed by atoms with Gasteiger partial charge in [-0.15, -0.1) is 0 Å². The van der Waals surface area contributed by atoms with E-state index in [0.717, 1.165) is 26.1 Å². The summed E-state index contributed by atoms with van der Waals surface area (Å²) in [4.78, 5) is 9.40. The van der Waals surface area contributed by atoms with Gasteiger partial charge < -0.3 is 10.0 Å². The third-order valence-corrected chi connectivity index (χ3v) is 4.45. The van der Waals surface area contributed by atoms with E-state index in [2.05, 4.69) is 40.9 Å². The summed E-state index contributed by atoms with van der Waals surface area (Å²) >= 11 is 0. The van der Waals surface area contributed by atoms with Crippen LogP contribution in [0.5, 0.6) is 0 Å². The van der Waals surface area contributed by atoms with Crippen LogP contribution < -0.4 is 0 Å². The first-order chi connectivity index (χ1) is 9.72. The van der Waals surface area contributed by atoms with Crippen LogP contribution in [0.1, 0.15) is 37.9 Å². The summed E-state index contributed by atoms with van der Waals surface area (Å²) in [5.74, 6) is 0. The maximum atomic E-state index is 8.91. The normalized spacial score (nSPS) is 19.4. The van der Waals surface area contributed by atoms with Gasteiger partial charge in [0.25, 0.3) is 0 Å². The lowest BCUT2D eigenvalue weighted by Gasteiger charge is -2.39. The fraction of sp³-hybridized carbons (Fsp3) is 0.688. The fourth-order valence-electron chi connectivity index (χ4n) is 3.03. The molecule has 1 fully saturated rings. The van der Waals surface area contributed by atoms with E-state index in [1.54, 1.807) is 0 Å². The Labute approximate surface area is 122 Å². The Balaban J connectivity index is 1.82. The van der Waals surface area contributed by atoms with E-state index < -0.39 is 0 Å². The molecule has 20 heavy (non-hydrogen) atoms. The molecule has 0 aromatic carbocycles. The highest BCUT2D eigenvalue weighted by atomic mass is 16.3. The summed E-state index contributed by atoms with van der Waals surface area (Å²) in [6, 6.07) is 7.21. The van der Waals surface area contributed by atoms with E-state index in [-0.39, 0.29) is 0 Å². The highest BCUT2D eigenvalue weighted by molar-refractivity contribution is 5.08. The van der Waals surface area contributed by atoms with Gasteiger partial charge in [-0.05, 0) is 45.4 Å². The van der Waals surface area contributed by atoms with Gasteiger partial charge in [0.05, 0.1) is 5.69 Å². The molecule has 1 N–H and O–H groups in total. The van der Waals surface area contributed by atoms with Gasteiger partial charge in [0, 0.05) is 44.5 Å². The average molecular weight is 277 g/mol. The largest absolute Gasteiger partial charge is 0.396 e. The molecule has 1 aliphatic rings. The third-order valence-electron chi connectivity index (χ3n) is 4.45. The van der Waals surface area contributed by atoms with Gasteiger partial charge in [0.15, 0.2) is 0 Å². The molecule has 2 rings (SSSR count). The molecule has 2 heterocycles. The first-order valence-corrected chi connectivity index (χ1v) is 7.68. The molecule has 4 nitrogen and oxygen atoms in total. The molecule has 1 saturated heterocycles. The number of likely N-dealkylation sites (tertiary alicyclic amines) is 1. The summed E-state index contributed by atoms with van der Waals surface area (Å²) in [6.45, 7) is 5.80. The van der Waals surface area contributed by atoms with Gasteiger partial charge in [-0.25, -0.2) is 0 Å². The lowest BCUT2D eigenvalue weighted by molar-refractivity contribution is 0.0971. The van der Waals surface area contributed by atoms with Gasteiger partial charge >= 0.3 is 0 Å². The SMILES string of the molecule is CC(c1ccccn1)N1CCC(N(C)CCCO)CC1. The van der Waals surface area contributed by atoms with Crippen LogP contribution in [0, 0.1) is 0 Å². The predicted molar refractivity (Wildman–Crippen MR) is 81.6 cm³/mol. The average Bonchev–Trinajstić information content (AvgIpc) is 2.53. The van der Waals surface area contributed by atoms with Crippen molar-refractivity contribution < 1.29 is 5.11 Å². The Morgan fingerprint density at radius 3 is 2.75 bits per heavy atom. The van der Waals surface area contributed by atoms with E-state index in [9.17, 15) is 0 Å². The van der Waals surface area contributed by atoms with Crippen LogP contribution in [0.15, 0.2) is 24.4 Å². The second-order valence-corrected chi connectivity index (χ2v) is 5.76. The number of hydrogen-bond acceptors (Lipinski definition) is 4. The lowest BCUT2D eigenvalue weighted by Crippen LogP contribution is -2.44. The number of aliphatic hydroxyl groups is 1. The Bertz CT molecular complexity index is 377. The van der Waals surface area contributed by atoms with Crippen molar-refractivity contribution in [2.24, 2.45) is 0 Å². The zero-order valence-electron chi connectivity index (χ0n) is 12.7. The molecule has 1 aromatic heterocycles. The third kappa shape index (κ3) is 4.01. The number of rotatable bonds is 6. The molecule has 0 saturated carbocycles. The van der Waals surface area contributed by atoms with Crippen molar-refractivity contribution in [3.8, 4) is 0 Å². The van der Waals surface area contributed by atoms with Crippen LogP contribution in [-0.4, -0.2) is 59.2 Å². The molecule has 1 atom stereocenters. The summed E-state index contributed by atoms with van der Waals surface area (Å²) < 4.78 is 0. The Morgan fingerprint density at radius 2 is 2.15 bits per heavy atom. The topological polar surface area (TPSA) is 39.6 Å². The molecule has 0 amide bonds. The molecule has 0 spiro atoms. The van der Waals surface area contributed by atoms with Crippen LogP contribution in [0.2, 0.25) is 0 Å². The van der Waals surface area contributed by atoms with Gasteiger partial charge in [0.2, 0.25) is 0 Å². The maximum absolute atomic E-state index is 8.91. The van der Waals surface area contributed by atoms with E-state index >= 15 is 0 Å². The molecular formula is C16H27N3O. The number of piperidine rings is 1. The Morgan fingerprint density at radius 1 is 1.40 bits per heavy atom. The summed E-state index contributed by atoms with van der Waals surface area (Å²) in [5.41, 5.74) is 1.17. The van der Waals surface area contributed by atoms with Crippen molar-refractivity contribution in [2.45, 2.75) is 38.3 Å². The first kappa shape index (κ1) is 15.4. The highest BCUT2D eigenvalue weighted by Crippen LogP contribution is 2.24. The van der Waals surface area contributed by atoms with Crippen molar-refractivity contribution >= 4 is 0 Å². The molecule has 0 radical (unpaired) electrons. The van der Waals surface area contributed by atoms with Crippen LogP contribution >= 0.6 is 0 Å². The molecule has 1 aromatic rings. The van der Waals surface area contributed by atoms with Gasteiger partial charge in [0.1, 0.15) is 0 Å². The van der Waals surface area contributed by atoms with Crippen molar-refractivity contribution in [1.29, 1.82) is 0 Å². The second kappa shape index (κ2) is 7.72. The number of aromatic nitrogens is 1. The predicted octanol–water partition coefficient (Wildman–Crippen LogP) is 1.92. The smallest absolute Gasteiger partial charge is 0.0572 e. The lowest BCUT2D eigenvalue weighted by atomic mass is 10.0. The zero-order chi connectivity index (χ0) is 14.4. The fourth-order valence-corrected chi connectivity index (χ4v) is 3.03. The quantitative estimate of drug-likeness (QED) is 0.862. The molecular weight excluding hydrogens is 250 g/mol. The molecule has 4 heteroatoms. The summed E-state index contributed by atoms with van der Waals surface area (Å²) in [7, 11) is 2.18. The van der Waals surface area contributed by atoms with Crippen LogP contribution in [0.4, 0.5) is 0 Å². The standard InChI is InChI=1S/C16H27N3O/c1-14(16-6-3-4-9-17-16)19-11-7-15(8-12-19)18(2)10-5-13-20/h3-4,6,9,14-15,20H,5,7-8,10-13H2,1-2H3. The molecule has 1 unspecified atom stereocenters. The molecule has 1 aliphatic heterocycles. The van der Waals surface area contributed by atoms with Crippen molar-refractivity contribution in [2.75, 3.05) is 33.3 Å². The number of aliphatic hydroxyl groups excluding tert-OH is 1. The Hall–Kier alpha value is -0.970. The summed E-state index contributed by atoms with van der Waals surface area (Å²) in [6.07, 6.45) is 5.17. The number of nitrogens with zero attached hydrogens (tertiary/aromatic N) is 3. The minimum Gasteiger partial charge on any atom is -0.396 e. The van der Waals surface area contributed by atoms with E-state index in [1.807, 2.05) is 12.3 Å². The second-order valence-electron chi connectivity index (χ2n) is 5.76. The first-order valence-electron chi connectivity index (χ1n) is 7.68. The van der Waals surface area contributed by atoms with E-state index in [1.165, 1.54) is 18.5 Å². The van der Waals surface area contributed by atoms with Crippen molar-refractivity contribution in [1.82, 2.24) is 14.8 Å². The monoisotopic (exact) mass is 277 g/mol. The maximum Gasteiger partial charge on any atom is 0.0572 e. The van der Waals surface area contributed by atoms with Gasteiger partial charge in [-0.3, -0.25) is 9.88 Å². The van der Waals surface area contributed by atoms with Gasteiger partial charge in [-0.1, -0.05) is 6.07 Å². The summed E-state index contributed by atoms with van der Waals surface area (Å²) in [5, 5.41) is 8.91.